The van der Waals surface area contributed by atoms with Crippen LogP contribution in [-0.2, 0) is 12.2 Å². The summed E-state index contributed by atoms with van der Waals surface area (Å²) in [5.41, 5.74) is 2.89. The van der Waals surface area contributed by atoms with E-state index in [-0.39, 0.29) is 5.91 Å². The summed E-state index contributed by atoms with van der Waals surface area (Å²) < 4.78 is 10.7. The molecule has 2 aromatic carbocycles. The lowest BCUT2D eigenvalue weighted by Gasteiger charge is -2.19. The molecule has 39 heavy (non-hydrogen) atoms. The summed E-state index contributed by atoms with van der Waals surface area (Å²) in [6.45, 7) is 4.60. The average molecular weight is 570 g/mol. The van der Waals surface area contributed by atoms with Gasteiger partial charge in [0.05, 0.1) is 14.2 Å². The second-order valence-corrected chi connectivity index (χ2v) is 10.8. The standard InChI is InChI=1S/C29H36ClN5O3S/c1-34(16-12-21-8-11-24(37-2)25(18-21)38-3)27-19-26(30)32-29(33-27)39-20-22-6-9-23(10-7-22)28(36)31-13-17-35-14-4-5-15-35/h6-11,18-19H,4-5,12-17,20H2,1-3H3,(H,31,36). The fourth-order valence-electron chi connectivity index (χ4n) is 4.43. The van der Waals surface area contributed by atoms with E-state index < -0.39 is 0 Å². The smallest absolute Gasteiger partial charge is 0.251 e. The first-order chi connectivity index (χ1) is 18.9. The Morgan fingerprint density at radius 1 is 1.03 bits per heavy atom. The Kier molecular flexibility index (Phi) is 10.7. The van der Waals surface area contributed by atoms with Gasteiger partial charge in [-0.05, 0) is 67.7 Å². The van der Waals surface area contributed by atoms with Crippen LogP contribution >= 0.6 is 23.4 Å². The number of hydrogen-bond acceptors (Lipinski definition) is 8. The van der Waals surface area contributed by atoms with Gasteiger partial charge in [-0.3, -0.25) is 4.79 Å². The minimum atomic E-state index is -0.0349. The third kappa shape index (κ3) is 8.49. The van der Waals surface area contributed by atoms with Crippen molar-refractivity contribution in [3.05, 3.63) is 70.4 Å². The highest BCUT2D eigenvalue weighted by atomic mass is 35.5. The maximum atomic E-state index is 12.5. The normalized spacial score (nSPS) is 13.3. The van der Waals surface area contributed by atoms with Gasteiger partial charge in [-0.2, -0.15) is 0 Å². The predicted octanol–water partition coefficient (Wildman–Crippen LogP) is 4.94. The first-order valence-corrected chi connectivity index (χ1v) is 14.5. The molecular weight excluding hydrogens is 534 g/mol. The highest BCUT2D eigenvalue weighted by molar-refractivity contribution is 7.98. The van der Waals surface area contributed by atoms with E-state index in [1.807, 2.05) is 49.5 Å². The van der Waals surface area contributed by atoms with E-state index in [1.165, 1.54) is 24.6 Å². The van der Waals surface area contributed by atoms with Crippen molar-refractivity contribution in [3.8, 4) is 11.5 Å². The molecule has 2 heterocycles. The summed E-state index contributed by atoms with van der Waals surface area (Å²) in [6, 6.07) is 15.4. The predicted molar refractivity (Wildman–Crippen MR) is 158 cm³/mol. The summed E-state index contributed by atoms with van der Waals surface area (Å²) >= 11 is 7.85. The molecular formula is C29H36ClN5O3S. The number of nitrogens with one attached hydrogen (secondary N) is 1. The maximum Gasteiger partial charge on any atom is 0.251 e. The van der Waals surface area contributed by atoms with Crippen LogP contribution in [0.3, 0.4) is 0 Å². The number of benzene rings is 2. The van der Waals surface area contributed by atoms with Crippen molar-refractivity contribution >= 4 is 35.1 Å². The minimum absolute atomic E-state index is 0.0349. The molecule has 4 rings (SSSR count). The highest BCUT2D eigenvalue weighted by Crippen LogP contribution is 2.28. The Hall–Kier alpha value is -3.01. The molecule has 1 fully saturated rings. The zero-order valence-corrected chi connectivity index (χ0v) is 24.4. The number of aromatic nitrogens is 2. The van der Waals surface area contributed by atoms with Crippen LogP contribution in [0.5, 0.6) is 11.5 Å². The van der Waals surface area contributed by atoms with Crippen molar-refractivity contribution < 1.29 is 14.3 Å². The first kappa shape index (κ1) is 29.0. The monoisotopic (exact) mass is 569 g/mol. The number of carbonyl (C=O) groups is 1. The number of methoxy groups -OCH3 is 2. The van der Waals surface area contributed by atoms with Crippen molar-refractivity contribution in [3.63, 3.8) is 0 Å². The number of thioether (sulfide) groups is 1. The van der Waals surface area contributed by atoms with Crippen LogP contribution in [0.4, 0.5) is 5.82 Å². The van der Waals surface area contributed by atoms with Crippen LogP contribution in [0.15, 0.2) is 53.7 Å². The summed E-state index contributed by atoms with van der Waals surface area (Å²) in [7, 11) is 5.26. The van der Waals surface area contributed by atoms with Gasteiger partial charge in [0.1, 0.15) is 11.0 Å². The lowest BCUT2D eigenvalue weighted by atomic mass is 10.1. The van der Waals surface area contributed by atoms with Gasteiger partial charge in [0.25, 0.3) is 5.91 Å². The zero-order valence-electron chi connectivity index (χ0n) is 22.8. The second-order valence-electron chi connectivity index (χ2n) is 9.48. The Bertz CT molecular complexity index is 1240. The minimum Gasteiger partial charge on any atom is -0.493 e. The Balaban J connectivity index is 1.28. The number of likely N-dealkylation sites (N-methyl/N-ethyl adjacent to an activating group) is 1. The molecule has 0 aliphatic carbocycles. The highest BCUT2D eigenvalue weighted by Gasteiger charge is 2.13. The number of ether oxygens (including phenoxy) is 2. The third-order valence-electron chi connectivity index (χ3n) is 6.73. The van der Waals surface area contributed by atoms with Crippen LogP contribution in [0.1, 0.15) is 34.3 Å². The van der Waals surface area contributed by atoms with Crippen molar-refractivity contribution in [1.29, 1.82) is 0 Å². The molecule has 10 heteroatoms. The van der Waals surface area contributed by atoms with Gasteiger partial charge in [0.2, 0.25) is 0 Å². The van der Waals surface area contributed by atoms with Gasteiger partial charge in [-0.1, -0.05) is 41.6 Å². The number of carbonyl (C=O) groups excluding carboxylic acids is 1. The van der Waals surface area contributed by atoms with Crippen LogP contribution in [-0.4, -0.2) is 74.8 Å². The Morgan fingerprint density at radius 2 is 1.74 bits per heavy atom. The molecule has 1 N–H and O–H groups in total. The van der Waals surface area contributed by atoms with E-state index >= 15 is 0 Å². The molecule has 1 aliphatic heterocycles. The zero-order chi connectivity index (χ0) is 27.6. The van der Waals surface area contributed by atoms with E-state index in [0.29, 0.717) is 39.7 Å². The summed E-state index contributed by atoms with van der Waals surface area (Å²) in [4.78, 5) is 26.0. The molecule has 1 amide bonds. The van der Waals surface area contributed by atoms with Crippen molar-refractivity contribution in [2.24, 2.45) is 0 Å². The van der Waals surface area contributed by atoms with Gasteiger partial charge >= 0.3 is 0 Å². The van der Waals surface area contributed by atoms with E-state index in [0.717, 1.165) is 49.5 Å². The van der Waals surface area contributed by atoms with Crippen molar-refractivity contribution in [2.45, 2.75) is 30.2 Å². The SMILES string of the molecule is COc1ccc(CCN(C)c2cc(Cl)nc(SCc3ccc(C(=O)NCCN4CCCC4)cc3)n2)cc1OC. The molecule has 1 saturated heterocycles. The Labute approximate surface area is 240 Å². The molecule has 1 aromatic heterocycles. The van der Waals surface area contributed by atoms with E-state index in [1.54, 1.807) is 20.3 Å². The Morgan fingerprint density at radius 3 is 2.46 bits per heavy atom. The van der Waals surface area contributed by atoms with Crippen LogP contribution in [0.2, 0.25) is 5.15 Å². The van der Waals surface area contributed by atoms with Gasteiger partial charge in [-0.15, -0.1) is 0 Å². The molecule has 208 valence electrons. The largest absolute Gasteiger partial charge is 0.493 e. The maximum absolute atomic E-state index is 12.5. The quantitative estimate of drug-likeness (QED) is 0.176. The molecule has 0 spiro atoms. The van der Waals surface area contributed by atoms with E-state index in [4.69, 9.17) is 26.1 Å². The lowest BCUT2D eigenvalue weighted by Crippen LogP contribution is -2.33. The van der Waals surface area contributed by atoms with Gasteiger partial charge in [-0.25, -0.2) is 9.97 Å². The topological polar surface area (TPSA) is 79.8 Å². The number of amides is 1. The molecule has 8 nitrogen and oxygen atoms in total. The third-order valence-corrected chi connectivity index (χ3v) is 7.84. The molecule has 0 bridgehead atoms. The van der Waals surface area contributed by atoms with Crippen molar-refractivity contribution in [2.75, 3.05) is 58.9 Å². The molecule has 3 aromatic rings. The van der Waals surface area contributed by atoms with Gasteiger partial charge in [0, 0.05) is 44.1 Å². The number of nitrogens with zero attached hydrogens (tertiary/aromatic N) is 4. The van der Waals surface area contributed by atoms with Gasteiger partial charge in [0.15, 0.2) is 16.7 Å². The lowest BCUT2D eigenvalue weighted by molar-refractivity contribution is 0.0949. The molecule has 0 radical (unpaired) electrons. The van der Waals surface area contributed by atoms with Crippen LogP contribution in [0, 0.1) is 0 Å². The molecule has 0 unspecified atom stereocenters. The molecule has 0 atom stereocenters. The fraction of sp³-hybridized carbons (Fsp3) is 0.414. The van der Waals surface area contributed by atoms with E-state index in [2.05, 4.69) is 20.1 Å². The fourth-order valence-corrected chi connectivity index (χ4v) is 5.47. The summed E-state index contributed by atoms with van der Waals surface area (Å²) in [5.74, 6) is 2.83. The van der Waals surface area contributed by atoms with Crippen LogP contribution in [0.25, 0.3) is 0 Å². The van der Waals surface area contributed by atoms with Crippen LogP contribution < -0.4 is 19.7 Å². The van der Waals surface area contributed by atoms with E-state index in [9.17, 15) is 4.79 Å². The molecule has 0 saturated carbocycles. The number of hydrogen-bond donors (Lipinski definition) is 1. The van der Waals surface area contributed by atoms with Crippen molar-refractivity contribution in [1.82, 2.24) is 20.2 Å². The summed E-state index contributed by atoms with van der Waals surface area (Å²) in [6.07, 6.45) is 3.32. The van der Waals surface area contributed by atoms with Gasteiger partial charge < -0.3 is 24.6 Å². The first-order valence-electron chi connectivity index (χ1n) is 13.1. The number of likely N-dealkylation sites (tertiary alicyclic amines) is 1. The molecule has 1 aliphatic rings. The number of rotatable bonds is 13. The average Bonchev–Trinajstić information content (AvgIpc) is 3.48. The second kappa shape index (κ2) is 14.4. The summed E-state index contributed by atoms with van der Waals surface area (Å²) in [5, 5.41) is 4.04. The number of anilines is 1. The number of halogens is 1.